The highest BCUT2D eigenvalue weighted by Gasteiger charge is 2.27. The molecule has 0 radical (unpaired) electrons. The molecule has 21 heavy (non-hydrogen) atoms. The molecule has 106 valence electrons. The SMILES string of the molecule is Cc1cccc2c1NC(=O)C2=Nc1ccc(Br)c(C)c1C. The van der Waals surface area contributed by atoms with Gasteiger partial charge in [-0.25, -0.2) is 4.99 Å². The maximum atomic E-state index is 12.2. The number of carbonyl (C=O) groups excluding carboxylic acids is 1. The number of hydrogen-bond donors (Lipinski definition) is 1. The number of rotatable bonds is 1. The largest absolute Gasteiger partial charge is 0.320 e. The first-order chi connectivity index (χ1) is 9.99. The smallest absolute Gasteiger partial charge is 0.275 e. The fraction of sp³-hybridized carbons (Fsp3) is 0.176. The Kier molecular flexibility index (Phi) is 3.41. The molecule has 0 aromatic heterocycles. The van der Waals surface area contributed by atoms with Crippen molar-refractivity contribution in [3.63, 3.8) is 0 Å². The van der Waals surface area contributed by atoms with E-state index in [9.17, 15) is 4.79 Å². The molecule has 0 unspecified atom stereocenters. The van der Waals surface area contributed by atoms with Crippen molar-refractivity contribution in [3.05, 3.63) is 57.1 Å². The van der Waals surface area contributed by atoms with Gasteiger partial charge in [0, 0.05) is 10.0 Å². The maximum Gasteiger partial charge on any atom is 0.275 e. The quantitative estimate of drug-likeness (QED) is 0.817. The second-order valence-electron chi connectivity index (χ2n) is 5.23. The average molecular weight is 343 g/mol. The summed E-state index contributed by atoms with van der Waals surface area (Å²) < 4.78 is 1.05. The first-order valence-electron chi connectivity index (χ1n) is 6.75. The summed E-state index contributed by atoms with van der Waals surface area (Å²) in [4.78, 5) is 16.8. The van der Waals surface area contributed by atoms with Crippen LogP contribution < -0.4 is 5.32 Å². The molecular formula is C17H15BrN2O. The lowest BCUT2D eigenvalue weighted by Gasteiger charge is -2.07. The van der Waals surface area contributed by atoms with Crippen molar-refractivity contribution in [2.75, 3.05) is 5.32 Å². The summed E-state index contributed by atoms with van der Waals surface area (Å²) >= 11 is 3.51. The van der Waals surface area contributed by atoms with Gasteiger partial charge in [-0.2, -0.15) is 0 Å². The van der Waals surface area contributed by atoms with E-state index in [1.807, 2.05) is 51.1 Å². The van der Waals surface area contributed by atoms with E-state index in [2.05, 4.69) is 26.2 Å². The van der Waals surface area contributed by atoms with Crippen molar-refractivity contribution in [1.29, 1.82) is 0 Å². The Morgan fingerprint density at radius 3 is 2.57 bits per heavy atom. The van der Waals surface area contributed by atoms with Gasteiger partial charge in [0.2, 0.25) is 0 Å². The fourth-order valence-electron chi connectivity index (χ4n) is 2.45. The number of hydrogen-bond acceptors (Lipinski definition) is 2. The lowest BCUT2D eigenvalue weighted by molar-refractivity contribution is -0.110. The molecule has 3 nitrogen and oxygen atoms in total. The molecule has 1 N–H and O–H groups in total. The maximum absolute atomic E-state index is 12.2. The van der Waals surface area contributed by atoms with E-state index in [4.69, 9.17) is 0 Å². The zero-order chi connectivity index (χ0) is 15.1. The molecular weight excluding hydrogens is 328 g/mol. The Morgan fingerprint density at radius 2 is 1.81 bits per heavy atom. The number of benzene rings is 2. The van der Waals surface area contributed by atoms with Gasteiger partial charge in [0.1, 0.15) is 5.71 Å². The number of para-hydroxylation sites is 1. The van der Waals surface area contributed by atoms with Crippen LogP contribution in [-0.2, 0) is 4.79 Å². The van der Waals surface area contributed by atoms with Crippen LogP contribution in [0.2, 0.25) is 0 Å². The van der Waals surface area contributed by atoms with Gasteiger partial charge in [0.05, 0.1) is 11.4 Å². The predicted molar refractivity (Wildman–Crippen MR) is 89.6 cm³/mol. The molecule has 0 aliphatic carbocycles. The summed E-state index contributed by atoms with van der Waals surface area (Å²) in [5, 5.41) is 2.90. The van der Waals surface area contributed by atoms with Crippen molar-refractivity contribution in [1.82, 2.24) is 0 Å². The van der Waals surface area contributed by atoms with E-state index in [1.54, 1.807) is 0 Å². The third kappa shape index (κ3) is 2.29. The van der Waals surface area contributed by atoms with Crippen LogP contribution in [0.25, 0.3) is 0 Å². The zero-order valence-corrected chi connectivity index (χ0v) is 13.7. The van der Waals surface area contributed by atoms with Crippen LogP contribution in [-0.4, -0.2) is 11.6 Å². The van der Waals surface area contributed by atoms with E-state index in [0.29, 0.717) is 5.71 Å². The zero-order valence-electron chi connectivity index (χ0n) is 12.1. The van der Waals surface area contributed by atoms with Gasteiger partial charge in [0.25, 0.3) is 5.91 Å². The average Bonchev–Trinajstić information content (AvgIpc) is 2.78. The highest BCUT2D eigenvalue weighted by molar-refractivity contribution is 9.10. The molecule has 1 heterocycles. The molecule has 0 fully saturated rings. The third-order valence-electron chi connectivity index (χ3n) is 3.91. The summed E-state index contributed by atoms with van der Waals surface area (Å²) in [6.45, 7) is 6.04. The Bertz CT molecular complexity index is 794. The molecule has 1 amide bonds. The number of nitrogens with one attached hydrogen (secondary N) is 1. The molecule has 2 aromatic rings. The minimum absolute atomic E-state index is 0.140. The van der Waals surface area contributed by atoms with Crippen molar-refractivity contribution in [3.8, 4) is 0 Å². The first kappa shape index (κ1) is 14.0. The number of amides is 1. The number of carbonyl (C=O) groups is 1. The van der Waals surface area contributed by atoms with Crippen LogP contribution in [0.3, 0.4) is 0 Å². The van der Waals surface area contributed by atoms with Gasteiger partial charge in [-0.1, -0.05) is 34.1 Å². The van der Waals surface area contributed by atoms with Crippen molar-refractivity contribution >= 4 is 38.9 Å². The highest BCUT2D eigenvalue weighted by Crippen LogP contribution is 2.32. The third-order valence-corrected chi connectivity index (χ3v) is 4.77. The number of aliphatic imine (C=N–C) groups is 1. The molecule has 0 saturated heterocycles. The van der Waals surface area contributed by atoms with Gasteiger partial charge in [-0.05, 0) is 49.6 Å². The molecule has 0 bridgehead atoms. The van der Waals surface area contributed by atoms with E-state index in [0.717, 1.165) is 38.1 Å². The van der Waals surface area contributed by atoms with Crippen molar-refractivity contribution < 1.29 is 4.79 Å². The lowest BCUT2D eigenvalue weighted by atomic mass is 10.1. The van der Waals surface area contributed by atoms with Gasteiger partial charge in [-0.15, -0.1) is 0 Å². The highest BCUT2D eigenvalue weighted by atomic mass is 79.9. The van der Waals surface area contributed by atoms with Crippen LogP contribution in [0.15, 0.2) is 39.8 Å². The van der Waals surface area contributed by atoms with Crippen molar-refractivity contribution in [2.45, 2.75) is 20.8 Å². The topological polar surface area (TPSA) is 41.5 Å². The van der Waals surface area contributed by atoms with E-state index >= 15 is 0 Å². The Hall–Kier alpha value is -1.94. The normalized spacial score (nSPS) is 15.2. The molecule has 0 saturated carbocycles. The molecule has 3 rings (SSSR count). The van der Waals surface area contributed by atoms with Gasteiger partial charge >= 0.3 is 0 Å². The molecule has 0 spiro atoms. The van der Waals surface area contributed by atoms with Gasteiger partial charge in [0.15, 0.2) is 0 Å². The minimum atomic E-state index is -0.140. The number of anilines is 1. The predicted octanol–water partition coefficient (Wildman–Crippen LogP) is 4.45. The second-order valence-corrected chi connectivity index (χ2v) is 6.08. The Balaban J connectivity index is 2.16. The number of aryl methyl sites for hydroxylation is 1. The molecule has 1 aliphatic heterocycles. The molecule has 4 heteroatoms. The van der Waals surface area contributed by atoms with Crippen LogP contribution in [0.1, 0.15) is 22.3 Å². The van der Waals surface area contributed by atoms with E-state index < -0.39 is 0 Å². The number of halogens is 1. The molecule has 1 aliphatic rings. The molecule has 0 atom stereocenters. The standard InChI is InChI=1S/C17H15BrN2O/c1-9-5-4-6-12-15(9)20-17(21)16(12)19-14-8-7-13(18)10(2)11(14)3/h4-8H,1-3H3,(H,19,20,21). The van der Waals surface area contributed by atoms with Crippen LogP contribution >= 0.6 is 15.9 Å². The van der Waals surface area contributed by atoms with E-state index in [1.165, 1.54) is 0 Å². The summed E-state index contributed by atoms with van der Waals surface area (Å²) in [6, 6.07) is 9.76. The summed E-state index contributed by atoms with van der Waals surface area (Å²) in [6.07, 6.45) is 0. The Morgan fingerprint density at radius 1 is 1.05 bits per heavy atom. The summed E-state index contributed by atoms with van der Waals surface area (Å²) in [5.41, 5.74) is 6.32. The fourth-order valence-corrected chi connectivity index (χ4v) is 2.88. The van der Waals surface area contributed by atoms with Gasteiger partial charge in [-0.3, -0.25) is 4.79 Å². The van der Waals surface area contributed by atoms with Crippen molar-refractivity contribution in [2.24, 2.45) is 4.99 Å². The summed E-state index contributed by atoms with van der Waals surface area (Å²) in [5.74, 6) is -0.140. The first-order valence-corrected chi connectivity index (χ1v) is 7.54. The Labute approximate surface area is 132 Å². The van der Waals surface area contributed by atoms with Gasteiger partial charge < -0.3 is 5.32 Å². The number of fused-ring (bicyclic) bond motifs is 1. The van der Waals surface area contributed by atoms with Crippen LogP contribution in [0, 0.1) is 20.8 Å². The van der Waals surface area contributed by atoms with E-state index in [-0.39, 0.29) is 5.91 Å². The second kappa shape index (κ2) is 5.11. The minimum Gasteiger partial charge on any atom is -0.320 e. The summed E-state index contributed by atoms with van der Waals surface area (Å²) in [7, 11) is 0. The van der Waals surface area contributed by atoms with Crippen LogP contribution in [0.4, 0.5) is 11.4 Å². The monoisotopic (exact) mass is 342 g/mol. The molecule has 2 aromatic carbocycles. The van der Waals surface area contributed by atoms with Crippen LogP contribution in [0.5, 0.6) is 0 Å². The lowest BCUT2D eigenvalue weighted by Crippen LogP contribution is -2.14. The number of nitrogens with zero attached hydrogens (tertiary/aromatic N) is 1.